The molecule has 0 radical (unpaired) electrons. The summed E-state index contributed by atoms with van der Waals surface area (Å²) in [6.45, 7) is 33.7. The normalized spacial score (nSPS) is 12.5. The Morgan fingerprint density at radius 1 is 0.455 bits per heavy atom. The lowest BCUT2D eigenvalue weighted by atomic mass is 9.84. The molecule has 382 valence electrons. The predicted molar refractivity (Wildman–Crippen MR) is 291 cm³/mol. The first-order chi connectivity index (χ1) is 31.0. The van der Waals surface area contributed by atoms with Crippen LogP contribution in [0.15, 0.2) is 48.5 Å². The van der Waals surface area contributed by atoms with Crippen LogP contribution in [0.5, 0.6) is 11.5 Å². The highest BCUT2D eigenvalue weighted by molar-refractivity contribution is 6.78. The van der Waals surface area contributed by atoms with Gasteiger partial charge in [0.2, 0.25) is 5.91 Å². The number of ether oxygens (including phenoxy) is 2. The molecule has 0 aliphatic heterocycles. The molecule has 2 aromatic rings. The summed E-state index contributed by atoms with van der Waals surface area (Å²) in [5, 5.41) is 3.18. The molecule has 0 aliphatic carbocycles. The average Bonchev–Trinajstić information content (AvgIpc) is 3.26. The number of nitrogens with two attached hydrogens (primary N) is 1. The Labute approximate surface area is 410 Å². The van der Waals surface area contributed by atoms with E-state index < -0.39 is 22.2 Å². The van der Waals surface area contributed by atoms with Gasteiger partial charge in [0.1, 0.15) is 11.5 Å². The Bertz CT molecular complexity index is 1370. The van der Waals surface area contributed by atoms with Gasteiger partial charge < -0.3 is 29.4 Å². The SMILES string of the molecule is C.CC(C)[Si](OCCCCCCCCCCCOc1ccc(C(C)(NC(=O)CN)c2ccc(OCCCCCCCCCCCO[Si](C(C)C)(C(C)C)C(C)C)cc2)cc1)(C(C)C)C(C)C. The van der Waals surface area contributed by atoms with Gasteiger partial charge in [-0.15, -0.1) is 0 Å². The van der Waals surface area contributed by atoms with Crippen molar-refractivity contribution in [2.45, 2.75) is 252 Å². The zero-order valence-corrected chi connectivity index (χ0v) is 46.5. The van der Waals surface area contributed by atoms with Gasteiger partial charge in [-0.05, 0) is 101 Å². The first-order valence-corrected chi connectivity index (χ1v) is 31.0. The maximum atomic E-state index is 12.7. The number of nitrogens with one attached hydrogen (secondary N) is 1. The van der Waals surface area contributed by atoms with Gasteiger partial charge in [0.15, 0.2) is 16.6 Å². The molecule has 0 aliphatic rings. The van der Waals surface area contributed by atoms with Gasteiger partial charge in [-0.25, -0.2) is 0 Å². The Kier molecular flexibility index (Phi) is 31.3. The minimum Gasteiger partial charge on any atom is -0.494 e. The highest BCUT2D eigenvalue weighted by Gasteiger charge is 2.45. The Hall–Kier alpha value is -2.18. The summed E-state index contributed by atoms with van der Waals surface area (Å²) in [4.78, 5) is 12.7. The molecule has 7 nitrogen and oxygen atoms in total. The Morgan fingerprint density at radius 2 is 0.697 bits per heavy atom. The van der Waals surface area contributed by atoms with Crippen LogP contribution in [-0.2, 0) is 19.2 Å². The fourth-order valence-corrected chi connectivity index (χ4v) is 22.2. The van der Waals surface area contributed by atoms with Crippen LogP contribution < -0.4 is 20.5 Å². The summed E-state index contributed by atoms with van der Waals surface area (Å²) in [6.07, 6.45) is 22.5. The minimum atomic E-state index is -1.73. The van der Waals surface area contributed by atoms with Crippen molar-refractivity contribution in [2.75, 3.05) is 33.0 Å². The first kappa shape index (κ1) is 61.8. The summed E-state index contributed by atoms with van der Waals surface area (Å²) in [5.41, 5.74) is 10.9. The lowest BCUT2D eigenvalue weighted by molar-refractivity contribution is -0.121. The van der Waals surface area contributed by atoms with Crippen molar-refractivity contribution in [1.82, 2.24) is 5.32 Å². The van der Waals surface area contributed by atoms with E-state index in [9.17, 15) is 4.79 Å². The second kappa shape index (κ2) is 33.4. The second-order valence-electron chi connectivity index (χ2n) is 21.3. The highest BCUT2D eigenvalue weighted by Crippen LogP contribution is 2.43. The molecule has 0 bridgehead atoms. The largest absolute Gasteiger partial charge is 0.494 e. The molecular formula is C57H106N2O5Si2. The standard InChI is InChI=1S/C56H102N2O5Si2.CH4/c1-45(2)64(46(3)4,47(5)6)62-42-30-26-22-18-14-16-20-24-28-40-60-53-36-32-51(33-37-53)56(13,58-55(59)44-57)52-34-38-54(39-35-52)61-41-29-25-21-17-15-19-23-27-31-43-63-65(48(7)8,49(9)10)50(11)12;/h32-39,45-50H,14-31,40-44,57H2,1-13H3,(H,58,59);1H4. The van der Waals surface area contributed by atoms with E-state index in [0.29, 0.717) is 46.5 Å². The smallest absolute Gasteiger partial charge is 0.234 e. The fourth-order valence-electron chi connectivity index (χ4n) is 11.2. The summed E-state index contributed by atoms with van der Waals surface area (Å²) < 4.78 is 25.7. The van der Waals surface area contributed by atoms with Crippen LogP contribution in [0.1, 0.15) is 224 Å². The summed E-state index contributed by atoms with van der Waals surface area (Å²) in [5.74, 6) is 1.50. The fraction of sp³-hybridized carbons (Fsp3) is 0.772. The van der Waals surface area contributed by atoms with Crippen LogP contribution in [0, 0.1) is 0 Å². The van der Waals surface area contributed by atoms with Gasteiger partial charge >= 0.3 is 0 Å². The Balaban J connectivity index is 0.0000218. The highest BCUT2D eigenvalue weighted by atomic mass is 28.4. The molecule has 0 saturated carbocycles. The second-order valence-corrected chi connectivity index (χ2v) is 32.2. The van der Waals surface area contributed by atoms with Gasteiger partial charge in [0, 0.05) is 13.2 Å². The average molecular weight is 956 g/mol. The quantitative estimate of drug-likeness (QED) is 0.0515. The monoisotopic (exact) mass is 955 g/mol. The third-order valence-corrected chi connectivity index (χ3v) is 26.9. The molecule has 2 aromatic carbocycles. The first-order valence-electron chi connectivity index (χ1n) is 26.7. The van der Waals surface area contributed by atoms with Crippen molar-refractivity contribution in [3.05, 3.63) is 59.7 Å². The number of carbonyl (C=O) groups excluding carboxylic acids is 1. The van der Waals surface area contributed by atoms with Gasteiger partial charge in [-0.1, -0.05) is 205 Å². The third kappa shape index (κ3) is 20.0. The molecule has 0 fully saturated rings. The zero-order chi connectivity index (χ0) is 48.3. The van der Waals surface area contributed by atoms with Gasteiger partial charge in [-0.3, -0.25) is 4.79 Å². The van der Waals surface area contributed by atoms with Crippen molar-refractivity contribution in [1.29, 1.82) is 0 Å². The number of unbranched alkanes of at least 4 members (excludes halogenated alkanes) is 16. The Morgan fingerprint density at radius 3 is 0.939 bits per heavy atom. The molecule has 0 heterocycles. The molecule has 1 amide bonds. The topological polar surface area (TPSA) is 92.0 Å². The van der Waals surface area contributed by atoms with Crippen molar-refractivity contribution in [3.63, 3.8) is 0 Å². The summed E-state index contributed by atoms with van der Waals surface area (Å²) in [6, 6.07) is 16.2. The van der Waals surface area contributed by atoms with Gasteiger partial charge in [0.25, 0.3) is 0 Å². The van der Waals surface area contributed by atoms with Crippen molar-refractivity contribution in [3.8, 4) is 11.5 Å². The number of amides is 1. The zero-order valence-electron chi connectivity index (χ0n) is 44.5. The van der Waals surface area contributed by atoms with E-state index in [-0.39, 0.29) is 19.9 Å². The van der Waals surface area contributed by atoms with E-state index in [2.05, 4.69) is 113 Å². The number of rotatable bonds is 38. The minimum absolute atomic E-state index is 0. The van der Waals surface area contributed by atoms with Crippen LogP contribution in [0.2, 0.25) is 33.2 Å². The van der Waals surface area contributed by atoms with Crippen molar-refractivity contribution in [2.24, 2.45) is 5.73 Å². The third-order valence-electron chi connectivity index (χ3n) is 14.7. The molecule has 2 rings (SSSR count). The molecule has 0 spiro atoms. The molecule has 0 unspecified atom stereocenters. The van der Waals surface area contributed by atoms with Crippen LogP contribution in [0.4, 0.5) is 0 Å². The molecule has 3 N–H and O–H groups in total. The van der Waals surface area contributed by atoms with Crippen LogP contribution in [-0.4, -0.2) is 55.5 Å². The van der Waals surface area contributed by atoms with Gasteiger partial charge in [0.05, 0.1) is 25.3 Å². The molecule has 0 atom stereocenters. The molecule has 0 saturated heterocycles. The number of carbonyl (C=O) groups is 1. The van der Waals surface area contributed by atoms with Crippen LogP contribution in [0.25, 0.3) is 0 Å². The molecular weight excluding hydrogens is 849 g/mol. The maximum Gasteiger partial charge on any atom is 0.234 e. The predicted octanol–water partition coefficient (Wildman–Crippen LogP) is 16.8. The number of hydrogen-bond acceptors (Lipinski definition) is 6. The van der Waals surface area contributed by atoms with E-state index in [1.165, 1.54) is 103 Å². The van der Waals surface area contributed by atoms with Crippen molar-refractivity contribution < 1.29 is 23.1 Å². The van der Waals surface area contributed by atoms with E-state index in [0.717, 1.165) is 48.7 Å². The van der Waals surface area contributed by atoms with E-state index in [1.807, 2.05) is 31.2 Å². The lowest BCUT2D eigenvalue weighted by Gasteiger charge is -2.42. The van der Waals surface area contributed by atoms with Gasteiger partial charge in [-0.2, -0.15) is 0 Å². The van der Waals surface area contributed by atoms with Crippen LogP contribution >= 0.6 is 0 Å². The summed E-state index contributed by atoms with van der Waals surface area (Å²) >= 11 is 0. The number of benzene rings is 2. The number of hydrogen-bond donors (Lipinski definition) is 2. The molecule has 9 heteroatoms. The lowest BCUT2D eigenvalue weighted by Crippen LogP contribution is -2.47. The van der Waals surface area contributed by atoms with E-state index in [1.54, 1.807) is 0 Å². The van der Waals surface area contributed by atoms with E-state index >= 15 is 0 Å². The van der Waals surface area contributed by atoms with Crippen molar-refractivity contribution >= 4 is 22.5 Å². The van der Waals surface area contributed by atoms with E-state index in [4.69, 9.17) is 24.1 Å². The summed E-state index contributed by atoms with van der Waals surface area (Å²) in [7, 11) is -3.46. The van der Waals surface area contributed by atoms with Crippen LogP contribution in [0.3, 0.4) is 0 Å². The molecule has 66 heavy (non-hydrogen) atoms. The maximum absolute atomic E-state index is 12.7. The molecule has 0 aromatic heterocycles.